The zero-order chi connectivity index (χ0) is 12.8. The van der Waals surface area contributed by atoms with Crippen LogP contribution < -0.4 is 0 Å². The molecule has 0 spiro atoms. The van der Waals surface area contributed by atoms with E-state index in [4.69, 9.17) is 10.00 Å². The largest absolute Gasteiger partial charge is 0.370 e. The molecule has 0 amide bonds. The fraction of sp³-hybridized carbons (Fsp3) is 0.267. The van der Waals surface area contributed by atoms with Gasteiger partial charge in [-0.15, -0.1) is 0 Å². The fourth-order valence-corrected chi connectivity index (χ4v) is 1.81. The van der Waals surface area contributed by atoms with Crippen molar-refractivity contribution in [3.8, 4) is 6.07 Å². The lowest BCUT2D eigenvalue weighted by molar-refractivity contribution is -0.123. The maximum atomic E-state index is 11.9. The van der Waals surface area contributed by atoms with Gasteiger partial charge in [-0.1, -0.05) is 36.1 Å². The van der Waals surface area contributed by atoms with Crippen molar-refractivity contribution in [1.29, 1.82) is 5.26 Å². The molecule has 0 aliphatic carbocycles. The van der Waals surface area contributed by atoms with Crippen LogP contribution in [-0.2, 0) is 9.53 Å². The first kappa shape index (κ1) is 12.3. The molecular weight excluding hydrogens is 226 g/mol. The van der Waals surface area contributed by atoms with E-state index in [1.54, 1.807) is 6.08 Å². The lowest BCUT2D eigenvalue weighted by atomic mass is 10.1. The van der Waals surface area contributed by atoms with E-state index in [9.17, 15) is 4.79 Å². The predicted molar refractivity (Wildman–Crippen MR) is 67.5 cm³/mol. The Morgan fingerprint density at radius 1 is 1.39 bits per heavy atom. The highest BCUT2D eigenvalue weighted by Gasteiger charge is 2.26. The quantitative estimate of drug-likeness (QED) is 0.462. The highest BCUT2D eigenvalue weighted by Crippen LogP contribution is 2.16. The summed E-state index contributed by atoms with van der Waals surface area (Å²) in [5.41, 5.74) is 3.70. The Labute approximate surface area is 106 Å². The Hall–Kier alpha value is -2.14. The van der Waals surface area contributed by atoms with E-state index in [0.29, 0.717) is 13.0 Å². The van der Waals surface area contributed by atoms with Crippen LogP contribution in [0.4, 0.5) is 0 Å². The summed E-state index contributed by atoms with van der Waals surface area (Å²) in [6.45, 7) is 0.595. The van der Waals surface area contributed by atoms with Crippen molar-refractivity contribution in [1.82, 2.24) is 0 Å². The number of rotatable bonds is 3. The number of ketones is 1. The van der Waals surface area contributed by atoms with Gasteiger partial charge < -0.3 is 4.74 Å². The summed E-state index contributed by atoms with van der Waals surface area (Å²) in [6, 6.07) is 11.4. The van der Waals surface area contributed by atoms with E-state index in [1.165, 1.54) is 0 Å². The zero-order valence-electron chi connectivity index (χ0n) is 9.93. The smallest absolute Gasteiger partial charge is 0.209 e. The molecule has 0 aromatic heterocycles. The second-order valence-electron chi connectivity index (χ2n) is 4.05. The lowest BCUT2D eigenvalue weighted by Crippen LogP contribution is -2.20. The molecule has 1 aromatic rings. The first-order valence-electron chi connectivity index (χ1n) is 5.89. The molecule has 1 aromatic carbocycles. The Morgan fingerprint density at radius 2 is 2.17 bits per heavy atom. The van der Waals surface area contributed by atoms with Gasteiger partial charge in [0.05, 0.1) is 0 Å². The minimum atomic E-state index is -0.462. The Bertz CT molecular complexity index is 527. The van der Waals surface area contributed by atoms with Gasteiger partial charge in [0, 0.05) is 6.61 Å². The molecule has 1 heterocycles. The van der Waals surface area contributed by atoms with Crippen LogP contribution in [0.1, 0.15) is 18.4 Å². The van der Waals surface area contributed by atoms with Gasteiger partial charge in [-0.3, -0.25) is 4.79 Å². The number of Topliss-reactive ketones (excluding diaryl/α,β-unsaturated/α-hetero) is 1. The van der Waals surface area contributed by atoms with Crippen LogP contribution in [-0.4, -0.2) is 18.5 Å². The summed E-state index contributed by atoms with van der Waals surface area (Å²) in [7, 11) is 0. The molecule has 1 unspecified atom stereocenters. The number of carbonyl (C=O) groups excluding carboxylic acids is 1. The highest BCUT2D eigenvalue weighted by atomic mass is 16.5. The molecule has 90 valence electrons. The molecule has 1 fully saturated rings. The molecule has 0 N–H and O–H groups in total. The topological polar surface area (TPSA) is 50.1 Å². The molecule has 1 aliphatic rings. The van der Waals surface area contributed by atoms with Crippen molar-refractivity contribution in [2.45, 2.75) is 18.9 Å². The van der Waals surface area contributed by atoms with Crippen molar-refractivity contribution < 1.29 is 9.53 Å². The van der Waals surface area contributed by atoms with E-state index in [-0.39, 0.29) is 11.4 Å². The summed E-state index contributed by atoms with van der Waals surface area (Å²) in [6.07, 6.45) is 2.75. The SMILES string of the molecule is N#CC(=C=Cc1ccccc1)C(=O)C1CCCO1. The van der Waals surface area contributed by atoms with Crippen LogP contribution >= 0.6 is 0 Å². The molecule has 0 bridgehead atoms. The molecule has 0 saturated carbocycles. The van der Waals surface area contributed by atoms with Crippen LogP contribution in [0, 0.1) is 11.3 Å². The standard InChI is InChI=1S/C15H13NO2/c16-11-13(15(17)14-7-4-10-18-14)9-8-12-5-2-1-3-6-12/h1-3,5-6,8,14H,4,7,10H2. The number of hydrogen-bond donors (Lipinski definition) is 0. The summed E-state index contributed by atoms with van der Waals surface area (Å²) in [4.78, 5) is 11.9. The minimum Gasteiger partial charge on any atom is -0.370 e. The third-order valence-corrected chi connectivity index (χ3v) is 2.76. The monoisotopic (exact) mass is 239 g/mol. The molecule has 0 radical (unpaired) electrons. The van der Waals surface area contributed by atoms with Crippen molar-refractivity contribution in [2.75, 3.05) is 6.61 Å². The average molecular weight is 239 g/mol. The molecule has 1 saturated heterocycles. The van der Waals surface area contributed by atoms with Gasteiger partial charge in [-0.2, -0.15) is 5.26 Å². The van der Waals surface area contributed by atoms with E-state index >= 15 is 0 Å². The summed E-state index contributed by atoms with van der Waals surface area (Å²) >= 11 is 0. The maximum Gasteiger partial charge on any atom is 0.209 e. The Kier molecular flexibility index (Phi) is 4.09. The van der Waals surface area contributed by atoms with Crippen molar-refractivity contribution in [3.05, 3.63) is 47.2 Å². The van der Waals surface area contributed by atoms with E-state index in [2.05, 4.69) is 5.73 Å². The van der Waals surface area contributed by atoms with Crippen LogP contribution in [0.25, 0.3) is 6.08 Å². The van der Waals surface area contributed by atoms with E-state index in [0.717, 1.165) is 12.0 Å². The van der Waals surface area contributed by atoms with Crippen LogP contribution in [0.3, 0.4) is 0 Å². The molecule has 1 aliphatic heterocycles. The molecule has 2 rings (SSSR count). The Morgan fingerprint density at radius 3 is 2.78 bits per heavy atom. The van der Waals surface area contributed by atoms with Gasteiger partial charge in [0.2, 0.25) is 5.78 Å². The number of nitrogens with zero attached hydrogens (tertiary/aromatic N) is 1. The summed E-state index contributed by atoms with van der Waals surface area (Å²) in [5.74, 6) is -0.262. The van der Waals surface area contributed by atoms with Gasteiger partial charge in [0.25, 0.3) is 0 Å². The molecule has 1 atom stereocenters. The molecule has 3 heteroatoms. The predicted octanol–water partition coefficient (Wildman–Crippen LogP) is 2.50. The minimum absolute atomic E-state index is 0.0331. The van der Waals surface area contributed by atoms with Crippen LogP contribution in [0.15, 0.2) is 41.6 Å². The van der Waals surface area contributed by atoms with Crippen LogP contribution in [0.5, 0.6) is 0 Å². The van der Waals surface area contributed by atoms with Crippen molar-refractivity contribution >= 4 is 11.9 Å². The third kappa shape index (κ3) is 2.95. The number of carbonyl (C=O) groups is 1. The summed E-state index contributed by atoms with van der Waals surface area (Å²) in [5, 5.41) is 8.99. The summed E-state index contributed by atoms with van der Waals surface area (Å²) < 4.78 is 5.27. The second kappa shape index (κ2) is 5.97. The number of benzene rings is 1. The Balaban J connectivity index is 2.20. The zero-order valence-corrected chi connectivity index (χ0v) is 9.93. The van der Waals surface area contributed by atoms with Crippen molar-refractivity contribution in [3.63, 3.8) is 0 Å². The molecule has 3 nitrogen and oxygen atoms in total. The number of nitriles is 1. The average Bonchev–Trinajstić information content (AvgIpc) is 2.94. The van der Waals surface area contributed by atoms with Gasteiger partial charge in [-0.05, 0) is 24.5 Å². The van der Waals surface area contributed by atoms with Crippen molar-refractivity contribution in [2.24, 2.45) is 0 Å². The first-order valence-corrected chi connectivity index (χ1v) is 5.89. The van der Waals surface area contributed by atoms with Gasteiger partial charge in [0.1, 0.15) is 17.7 Å². The normalized spacial score (nSPS) is 17.6. The van der Waals surface area contributed by atoms with Gasteiger partial charge >= 0.3 is 0 Å². The number of ether oxygens (including phenoxy) is 1. The van der Waals surface area contributed by atoms with Crippen LogP contribution in [0.2, 0.25) is 0 Å². The maximum absolute atomic E-state index is 11.9. The fourth-order valence-electron chi connectivity index (χ4n) is 1.81. The third-order valence-electron chi connectivity index (χ3n) is 2.76. The molecule has 18 heavy (non-hydrogen) atoms. The highest BCUT2D eigenvalue weighted by molar-refractivity contribution is 6.02. The molecular formula is C15H13NO2. The number of hydrogen-bond acceptors (Lipinski definition) is 3. The van der Waals surface area contributed by atoms with Gasteiger partial charge in [-0.25, -0.2) is 0 Å². The second-order valence-corrected chi connectivity index (χ2v) is 4.05. The lowest BCUT2D eigenvalue weighted by Gasteiger charge is -2.04. The van der Waals surface area contributed by atoms with E-state index < -0.39 is 6.10 Å². The van der Waals surface area contributed by atoms with Gasteiger partial charge in [0.15, 0.2) is 0 Å². The van der Waals surface area contributed by atoms with E-state index in [1.807, 2.05) is 36.4 Å². The first-order chi connectivity index (χ1) is 8.81.